The van der Waals surface area contributed by atoms with Crippen molar-refractivity contribution in [3.63, 3.8) is 0 Å². The molecule has 24 heavy (non-hydrogen) atoms. The van der Waals surface area contributed by atoms with Crippen molar-refractivity contribution in [1.29, 1.82) is 0 Å². The minimum absolute atomic E-state index is 0.384. The highest BCUT2D eigenvalue weighted by atomic mass is 15.2. The van der Waals surface area contributed by atoms with Gasteiger partial charge in [0.15, 0.2) is 0 Å². The third-order valence-corrected chi connectivity index (χ3v) is 4.57. The monoisotopic (exact) mass is 322 g/mol. The van der Waals surface area contributed by atoms with Gasteiger partial charge in [0.25, 0.3) is 0 Å². The maximum atomic E-state index is 4.80. The topological polar surface area (TPSA) is 78.5 Å². The molecule has 6 heteroatoms. The van der Waals surface area contributed by atoms with Crippen LogP contribution in [0.25, 0.3) is 22.3 Å². The van der Waals surface area contributed by atoms with Gasteiger partial charge < -0.3 is 10.6 Å². The predicted molar refractivity (Wildman–Crippen MR) is 96.0 cm³/mol. The summed E-state index contributed by atoms with van der Waals surface area (Å²) in [4.78, 5) is 9.30. The molecular formula is C18H22N6. The molecule has 0 amide bonds. The quantitative estimate of drug-likeness (QED) is 0.688. The Labute approximate surface area is 141 Å². The van der Waals surface area contributed by atoms with Crippen molar-refractivity contribution < 1.29 is 0 Å². The Morgan fingerprint density at radius 3 is 3.00 bits per heavy atom. The number of hydrogen-bond donors (Lipinski definition) is 3. The summed E-state index contributed by atoms with van der Waals surface area (Å²) in [5.74, 6) is 0.683. The molecule has 1 aromatic carbocycles. The number of anilines is 1. The molecule has 0 spiro atoms. The first-order chi connectivity index (χ1) is 11.8. The van der Waals surface area contributed by atoms with Gasteiger partial charge in [-0.15, -0.1) is 0 Å². The molecule has 0 aliphatic carbocycles. The number of aromatic amines is 1. The molecule has 3 aromatic rings. The molecule has 0 saturated carbocycles. The van der Waals surface area contributed by atoms with Crippen LogP contribution < -0.4 is 10.6 Å². The number of benzene rings is 1. The van der Waals surface area contributed by atoms with E-state index in [0.29, 0.717) is 12.0 Å². The van der Waals surface area contributed by atoms with Gasteiger partial charge >= 0.3 is 0 Å². The van der Waals surface area contributed by atoms with E-state index >= 15 is 0 Å². The summed E-state index contributed by atoms with van der Waals surface area (Å²) in [6.45, 7) is 4.17. The molecule has 0 unspecified atom stereocenters. The average Bonchev–Trinajstić information content (AvgIpc) is 3.06. The number of rotatable bonds is 4. The second kappa shape index (κ2) is 6.57. The van der Waals surface area contributed by atoms with E-state index in [1.807, 2.05) is 24.4 Å². The Hall–Kier alpha value is -2.47. The fourth-order valence-electron chi connectivity index (χ4n) is 3.24. The van der Waals surface area contributed by atoms with E-state index in [4.69, 9.17) is 4.98 Å². The second-order valence-electron chi connectivity index (χ2n) is 6.23. The zero-order chi connectivity index (χ0) is 16.4. The van der Waals surface area contributed by atoms with Crippen molar-refractivity contribution in [3.8, 4) is 11.4 Å². The van der Waals surface area contributed by atoms with Crippen molar-refractivity contribution in [2.24, 2.45) is 0 Å². The first-order valence-corrected chi connectivity index (χ1v) is 8.62. The normalized spacial score (nSPS) is 18.0. The van der Waals surface area contributed by atoms with E-state index in [9.17, 15) is 0 Å². The van der Waals surface area contributed by atoms with Crippen LogP contribution in [-0.2, 0) is 6.42 Å². The van der Waals surface area contributed by atoms with Crippen LogP contribution in [0.1, 0.15) is 25.3 Å². The van der Waals surface area contributed by atoms with Crippen LogP contribution in [0.4, 0.5) is 5.95 Å². The van der Waals surface area contributed by atoms with Crippen LogP contribution in [0.3, 0.4) is 0 Å². The summed E-state index contributed by atoms with van der Waals surface area (Å²) in [5, 5.41) is 15.6. The Balaban J connectivity index is 1.71. The van der Waals surface area contributed by atoms with Crippen molar-refractivity contribution in [3.05, 3.63) is 36.0 Å². The lowest BCUT2D eigenvalue weighted by Crippen LogP contribution is -2.38. The van der Waals surface area contributed by atoms with Crippen molar-refractivity contribution in [2.45, 2.75) is 32.2 Å². The van der Waals surface area contributed by atoms with E-state index in [1.165, 1.54) is 6.42 Å². The number of hydrogen-bond acceptors (Lipinski definition) is 5. The van der Waals surface area contributed by atoms with Gasteiger partial charge in [0, 0.05) is 24.2 Å². The Morgan fingerprint density at radius 1 is 1.25 bits per heavy atom. The number of H-pyrrole nitrogens is 1. The third-order valence-electron chi connectivity index (χ3n) is 4.57. The number of para-hydroxylation sites is 1. The lowest BCUT2D eigenvalue weighted by molar-refractivity contribution is 0.478. The van der Waals surface area contributed by atoms with Crippen LogP contribution in [-0.4, -0.2) is 39.3 Å². The molecule has 6 nitrogen and oxygen atoms in total. The number of nitrogens with zero attached hydrogens (tertiary/aromatic N) is 3. The lowest BCUT2D eigenvalue weighted by atomic mass is 10.1. The van der Waals surface area contributed by atoms with Crippen LogP contribution in [0.2, 0.25) is 0 Å². The Kier molecular flexibility index (Phi) is 4.13. The van der Waals surface area contributed by atoms with E-state index in [0.717, 1.165) is 53.8 Å². The van der Waals surface area contributed by atoms with Gasteiger partial charge in [-0.3, -0.25) is 5.10 Å². The first kappa shape index (κ1) is 15.1. The predicted octanol–water partition coefficient (Wildman–Crippen LogP) is 2.75. The van der Waals surface area contributed by atoms with Crippen molar-refractivity contribution in [2.75, 3.05) is 18.4 Å². The zero-order valence-corrected chi connectivity index (χ0v) is 13.8. The Bertz CT molecular complexity index is 834. The SMILES string of the molecule is CCc1cnc(N[C@H]2CCCNC2)nc1-c1n[nH]c2ccccc12. The van der Waals surface area contributed by atoms with Gasteiger partial charge in [-0.25, -0.2) is 9.97 Å². The maximum absolute atomic E-state index is 4.80. The molecule has 2 aromatic heterocycles. The Morgan fingerprint density at radius 2 is 2.17 bits per heavy atom. The molecule has 1 atom stereocenters. The van der Waals surface area contributed by atoms with Crippen molar-refractivity contribution >= 4 is 16.9 Å². The summed E-state index contributed by atoms with van der Waals surface area (Å²) < 4.78 is 0. The van der Waals surface area contributed by atoms with Crippen LogP contribution >= 0.6 is 0 Å². The highest BCUT2D eigenvalue weighted by molar-refractivity contribution is 5.92. The summed E-state index contributed by atoms with van der Waals surface area (Å²) in [6, 6.07) is 8.53. The van der Waals surface area contributed by atoms with Gasteiger partial charge in [-0.1, -0.05) is 25.1 Å². The molecule has 1 fully saturated rings. The van der Waals surface area contributed by atoms with Gasteiger partial charge in [0.05, 0.1) is 11.2 Å². The molecule has 0 bridgehead atoms. The van der Waals surface area contributed by atoms with E-state index in [2.05, 4.69) is 38.8 Å². The lowest BCUT2D eigenvalue weighted by Gasteiger charge is -2.24. The molecule has 4 rings (SSSR count). The van der Waals surface area contributed by atoms with Crippen LogP contribution in [0, 0.1) is 0 Å². The van der Waals surface area contributed by atoms with Gasteiger partial charge in [-0.2, -0.15) is 5.10 Å². The summed E-state index contributed by atoms with van der Waals surface area (Å²) in [7, 11) is 0. The van der Waals surface area contributed by atoms with Gasteiger partial charge in [0.1, 0.15) is 5.69 Å². The maximum Gasteiger partial charge on any atom is 0.223 e. The number of piperidine rings is 1. The number of aromatic nitrogens is 4. The molecular weight excluding hydrogens is 300 g/mol. The van der Waals surface area contributed by atoms with E-state index in [1.54, 1.807) is 0 Å². The molecule has 1 saturated heterocycles. The molecule has 124 valence electrons. The summed E-state index contributed by atoms with van der Waals surface area (Å²) >= 11 is 0. The van der Waals surface area contributed by atoms with Crippen molar-refractivity contribution in [1.82, 2.24) is 25.5 Å². The van der Waals surface area contributed by atoms with Crippen LogP contribution in [0.15, 0.2) is 30.5 Å². The molecule has 3 N–H and O–H groups in total. The average molecular weight is 322 g/mol. The number of nitrogens with one attached hydrogen (secondary N) is 3. The largest absolute Gasteiger partial charge is 0.350 e. The zero-order valence-electron chi connectivity index (χ0n) is 13.8. The fourth-order valence-corrected chi connectivity index (χ4v) is 3.24. The van der Waals surface area contributed by atoms with Crippen LogP contribution in [0.5, 0.6) is 0 Å². The molecule has 1 aliphatic rings. The van der Waals surface area contributed by atoms with E-state index < -0.39 is 0 Å². The minimum atomic E-state index is 0.384. The fraction of sp³-hybridized carbons (Fsp3) is 0.389. The summed E-state index contributed by atoms with van der Waals surface area (Å²) in [5.41, 5.74) is 3.95. The second-order valence-corrected chi connectivity index (χ2v) is 6.23. The minimum Gasteiger partial charge on any atom is -0.350 e. The molecule has 1 aliphatic heterocycles. The highest BCUT2D eigenvalue weighted by Gasteiger charge is 2.17. The third kappa shape index (κ3) is 2.85. The number of fused-ring (bicyclic) bond motifs is 1. The highest BCUT2D eigenvalue weighted by Crippen LogP contribution is 2.28. The number of aryl methyl sites for hydroxylation is 1. The first-order valence-electron chi connectivity index (χ1n) is 8.62. The van der Waals surface area contributed by atoms with E-state index in [-0.39, 0.29) is 0 Å². The molecule has 3 heterocycles. The van der Waals surface area contributed by atoms with Gasteiger partial charge in [0.2, 0.25) is 5.95 Å². The standard InChI is InChI=1S/C18H22N6/c1-2-12-10-20-18(21-13-6-5-9-19-11-13)22-16(12)17-14-7-3-4-8-15(14)23-24-17/h3-4,7-8,10,13,19H,2,5-6,9,11H2,1H3,(H,23,24)(H,20,21,22)/t13-/m0/s1. The van der Waals surface area contributed by atoms with Gasteiger partial charge in [-0.05, 0) is 37.4 Å². The summed E-state index contributed by atoms with van der Waals surface area (Å²) in [6.07, 6.45) is 5.13. The smallest absolute Gasteiger partial charge is 0.223 e. The molecule has 0 radical (unpaired) electrons.